The Bertz CT molecular complexity index is 267. The van der Waals surface area contributed by atoms with E-state index in [1.807, 2.05) is 26.0 Å². The number of nitrogens with one attached hydrogen (secondary N) is 1. The van der Waals surface area contributed by atoms with Gasteiger partial charge in [-0.1, -0.05) is 13.8 Å². The molecule has 0 radical (unpaired) electrons. The van der Waals surface area contributed by atoms with Crippen molar-refractivity contribution in [2.24, 2.45) is 16.5 Å². The van der Waals surface area contributed by atoms with E-state index in [1.165, 1.54) is 6.34 Å². The third kappa shape index (κ3) is 26.0. The number of furan rings is 1. The molecule has 1 heterocycles. The van der Waals surface area contributed by atoms with Crippen molar-refractivity contribution in [3.05, 3.63) is 24.2 Å². The fourth-order valence-corrected chi connectivity index (χ4v) is 0.789. The average Bonchev–Trinajstić information content (AvgIpc) is 2.93. The molecule has 1 rings (SSSR count). The molecule has 112 valence electrons. The first-order valence-electron chi connectivity index (χ1n) is 6.12. The summed E-state index contributed by atoms with van der Waals surface area (Å²) in [5.41, 5.74) is 9.12. The summed E-state index contributed by atoms with van der Waals surface area (Å²) in [6.07, 6.45) is 4.71. The van der Waals surface area contributed by atoms with Gasteiger partial charge in [-0.3, -0.25) is 10.4 Å². The lowest BCUT2D eigenvalue weighted by Gasteiger charge is -2.06. The molecule has 6 heteroatoms. The van der Waals surface area contributed by atoms with Crippen molar-refractivity contribution < 1.29 is 4.42 Å². The highest BCUT2D eigenvalue weighted by Crippen LogP contribution is 2.00. The highest BCUT2D eigenvalue weighted by Gasteiger charge is 1.95. The van der Waals surface area contributed by atoms with Gasteiger partial charge < -0.3 is 20.8 Å². The smallest absolute Gasteiger partial charge is 0.105 e. The average molecular weight is 271 g/mol. The Labute approximate surface area is 117 Å². The van der Waals surface area contributed by atoms with Crippen LogP contribution in [0.5, 0.6) is 0 Å². The van der Waals surface area contributed by atoms with Crippen molar-refractivity contribution in [2.75, 3.05) is 27.7 Å². The molecule has 0 aliphatic rings. The van der Waals surface area contributed by atoms with Crippen molar-refractivity contribution in [3.63, 3.8) is 0 Å². The molecule has 0 unspecified atom stereocenters. The van der Waals surface area contributed by atoms with Gasteiger partial charge in [-0.25, -0.2) is 0 Å². The standard InChI is InChI=1S/C8H13NO.C2H6N2.C2H6.CH4N2/c1-9(2)6-5-8-4-3-7-10-8;1-4-2-3;1-2;2-1-3/h3-4,7H,5-6H2,1-2H3;2H,1H3,(H2,3,4);1-2H3;1H,(H3,2,3). The van der Waals surface area contributed by atoms with Crippen LogP contribution in [0.3, 0.4) is 0 Å². The van der Waals surface area contributed by atoms with Crippen LogP contribution in [0.1, 0.15) is 19.6 Å². The van der Waals surface area contributed by atoms with Crippen LogP contribution in [0.2, 0.25) is 0 Å². The Kier molecular flexibility index (Phi) is 25.3. The minimum atomic E-state index is 0.750. The number of nitrogens with zero attached hydrogens (tertiary/aromatic N) is 2. The Morgan fingerprint density at radius 1 is 1.37 bits per heavy atom. The Morgan fingerprint density at radius 2 is 1.84 bits per heavy atom. The molecule has 0 aliphatic heterocycles. The minimum absolute atomic E-state index is 0.750. The van der Waals surface area contributed by atoms with Gasteiger partial charge in [0.05, 0.1) is 18.9 Å². The van der Waals surface area contributed by atoms with Gasteiger partial charge in [0.1, 0.15) is 5.76 Å². The lowest BCUT2D eigenvalue weighted by Crippen LogP contribution is -2.14. The van der Waals surface area contributed by atoms with E-state index in [0.717, 1.165) is 25.1 Å². The Morgan fingerprint density at radius 3 is 2.11 bits per heavy atom. The zero-order valence-corrected chi connectivity index (χ0v) is 12.8. The maximum Gasteiger partial charge on any atom is 0.105 e. The molecular weight excluding hydrogens is 242 g/mol. The summed E-state index contributed by atoms with van der Waals surface area (Å²) in [7, 11) is 5.74. The summed E-state index contributed by atoms with van der Waals surface area (Å²) >= 11 is 0. The lowest BCUT2D eigenvalue weighted by molar-refractivity contribution is 0.390. The molecule has 6 nitrogen and oxygen atoms in total. The molecule has 0 saturated carbocycles. The monoisotopic (exact) mass is 271 g/mol. The van der Waals surface area contributed by atoms with Crippen LogP contribution in [0.4, 0.5) is 0 Å². The molecule has 0 fully saturated rings. The van der Waals surface area contributed by atoms with Gasteiger partial charge in [0, 0.05) is 20.0 Å². The van der Waals surface area contributed by atoms with Gasteiger partial charge in [-0.2, -0.15) is 0 Å². The largest absolute Gasteiger partial charge is 0.469 e. The summed E-state index contributed by atoms with van der Waals surface area (Å²) in [6, 6.07) is 3.93. The van der Waals surface area contributed by atoms with E-state index >= 15 is 0 Å². The van der Waals surface area contributed by atoms with Crippen molar-refractivity contribution >= 4 is 12.7 Å². The molecule has 0 spiro atoms. The van der Waals surface area contributed by atoms with Crippen molar-refractivity contribution in [3.8, 4) is 0 Å². The van der Waals surface area contributed by atoms with E-state index < -0.39 is 0 Å². The molecule has 1 aromatic rings. The van der Waals surface area contributed by atoms with Crippen molar-refractivity contribution in [2.45, 2.75) is 20.3 Å². The Balaban J connectivity index is -0.000000239. The first kappa shape index (κ1) is 22.4. The normalized spacial score (nSPS) is 8.53. The zero-order chi connectivity index (χ0) is 15.5. The summed E-state index contributed by atoms with van der Waals surface area (Å²) in [5.74, 6) is 1.06. The number of hydrogen-bond acceptors (Lipinski definition) is 4. The van der Waals surface area contributed by atoms with Gasteiger partial charge in [0.25, 0.3) is 0 Å². The first-order chi connectivity index (χ1) is 9.12. The number of hydrogen-bond donors (Lipinski definition) is 3. The first-order valence-corrected chi connectivity index (χ1v) is 6.12. The van der Waals surface area contributed by atoms with Crippen molar-refractivity contribution in [1.82, 2.24) is 4.90 Å². The molecule has 1 aromatic heterocycles. The number of aliphatic imine (C=N–C) groups is 1. The van der Waals surface area contributed by atoms with Crippen LogP contribution in [0, 0.1) is 5.41 Å². The minimum Gasteiger partial charge on any atom is -0.469 e. The van der Waals surface area contributed by atoms with Gasteiger partial charge in [0.2, 0.25) is 0 Å². The molecule has 0 bridgehead atoms. The second-order valence-corrected chi connectivity index (χ2v) is 3.21. The SMILES string of the molecule is CC.CN(C)CCc1ccco1.CN=CN.N=CN. The molecular formula is C13H29N5O. The van der Waals surface area contributed by atoms with E-state index in [1.54, 1.807) is 13.3 Å². The second-order valence-electron chi connectivity index (χ2n) is 3.21. The molecule has 0 aromatic carbocycles. The van der Waals surface area contributed by atoms with Gasteiger partial charge in [0.15, 0.2) is 0 Å². The Hall–Kier alpha value is -1.82. The number of nitrogens with two attached hydrogens (primary N) is 2. The summed E-state index contributed by atoms with van der Waals surface area (Å²) in [4.78, 5) is 5.53. The van der Waals surface area contributed by atoms with Gasteiger partial charge in [-0.05, 0) is 26.2 Å². The lowest BCUT2D eigenvalue weighted by atomic mass is 10.3. The molecule has 0 amide bonds. The maximum atomic E-state index is 5.86. The maximum absolute atomic E-state index is 5.86. The third-order valence-electron chi connectivity index (χ3n) is 1.53. The number of rotatable bonds is 3. The van der Waals surface area contributed by atoms with Crippen LogP contribution < -0.4 is 11.5 Å². The molecule has 0 atom stereocenters. The summed E-state index contributed by atoms with van der Waals surface area (Å²) in [5, 5.41) is 5.86. The summed E-state index contributed by atoms with van der Waals surface area (Å²) < 4.78 is 5.16. The van der Waals surface area contributed by atoms with Crippen LogP contribution in [-0.2, 0) is 6.42 Å². The predicted molar refractivity (Wildman–Crippen MR) is 83.9 cm³/mol. The fraction of sp³-hybridized carbons (Fsp3) is 0.538. The highest BCUT2D eigenvalue weighted by atomic mass is 16.3. The van der Waals surface area contributed by atoms with Gasteiger partial charge in [-0.15, -0.1) is 0 Å². The predicted octanol–water partition coefficient (Wildman–Crippen LogP) is 1.57. The highest BCUT2D eigenvalue weighted by molar-refractivity contribution is 5.50. The van der Waals surface area contributed by atoms with Crippen molar-refractivity contribution in [1.29, 1.82) is 5.41 Å². The van der Waals surface area contributed by atoms with E-state index in [-0.39, 0.29) is 0 Å². The fourth-order valence-electron chi connectivity index (χ4n) is 0.789. The van der Waals surface area contributed by atoms with Gasteiger partial charge >= 0.3 is 0 Å². The third-order valence-corrected chi connectivity index (χ3v) is 1.53. The van der Waals surface area contributed by atoms with E-state index in [0.29, 0.717) is 0 Å². The summed E-state index contributed by atoms with van der Waals surface area (Å²) in [6.45, 7) is 5.05. The van der Waals surface area contributed by atoms with E-state index in [9.17, 15) is 0 Å². The second kappa shape index (κ2) is 21.5. The van der Waals surface area contributed by atoms with Crippen LogP contribution in [-0.4, -0.2) is 45.3 Å². The molecule has 5 N–H and O–H groups in total. The number of likely N-dealkylation sites (N-methyl/N-ethyl adjacent to an activating group) is 1. The van der Waals surface area contributed by atoms with E-state index in [4.69, 9.17) is 15.6 Å². The van der Waals surface area contributed by atoms with Crippen LogP contribution >= 0.6 is 0 Å². The molecule has 0 aliphatic carbocycles. The zero-order valence-electron chi connectivity index (χ0n) is 12.8. The van der Waals surface area contributed by atoms with Crippen LogP contribution in [0.25, 0.3) is 0 Å². The quantitative estimate of drug-likeness (QED) is 0.573. The molecule has 19 heavy (non-hydrogen) atoms. The van der Waals surface area contributed by atoms with E-state index in [2.05, 4.69) is 29.7 Å². The molecule has 0 saturated heterocycles. The van der Waals surface area contributed by atoms with Crippen LogP contribution in [0.15, 0.2) is 27.8 Å². The topological polar surface area (TPSA) is 105 Å².